The number of carbonyl (C=O) groups is 1. The number of nitrogens with one attached hydrogen (secondary N) is 1. The number of carbonyl (C=O) groups excluding carboxylic acids is 1. The molecule has 3 N–H and O–H groups in total. The number of aromatic nitrogens is 4. The number of aryl methyl sites for hydroxylation is 1. The van der Waals surface area contributed by atoms with Gasteiger partial charge in [0.15, 0.2) is 5.65 Å². The van der Waals surface area contributed by atoms with Gasteiger partial charge in [0.1, 0.15) is 23.7 Å². The van der Waals surface area contributed by atoms with E-state index in [1.54, 1.807) is 18.2 Å². The van der Waals surface area contributed by atoms with Crippen LogP contribution in [0.4, 0.5) is 10.2 Å². The maximum Gasteiger partial charge on any atom is 0.251 e. The van der Waals surface area contributed by atoms with Crippen LogP contribution in [-0.2, 0) is 6.54 Å². The third kappa shape index (κ3) is 3.92. The fraction of sp³-hybridized carbons (Fsp3) is 0.280. The lowest BCUT2D eigenvalue weighted by Gasteiger charge is -2.10. The zero-order valence-corrected chi connectivity index (χ0v) is 18.4. The van der Waals surface area contributed by atoms with Gasteiger partial charge in [-0.15, -0.1) is 0 Å². The summed E-state index contributed by atoms with van der Waals surface area (Å²) in [4.78, 5) is 21.0. The highest BCUT2D eigenvalue weighted by Crippen LogP contribution is 2.37. The van der Waals surface area contributed by atoms with Crippen molar-refractivity contribution in [2.24, 2.45) is 0 Å². The van der Waals surface area contributed by atoms with Gasteiger partial charge in [0.05, 0.1) is 11.4 Å². The van der Waals surface area contributed by atoms with Crippen molar-refractivity contribution in [1.82, 2.24) is 25.1 Å². The first kappa shape index (κ1) is 21.1. The minimum absolute atomic E-state index is 0.191. The molecular weight excluding hydrogens is 419 g/mol. The maximum absolute atomic E-state index is 15.2. The normalized spacial score (nSPS) is 14.1. The smallest absolute Gasteiger partial charge is 0.251 e. The first-order valence-electron chi connectivity index (χ1n) is 11.1. The Morgan fingerprint density at radius 2 is 1.97 bits per heavy atom. The van der Waals surface area contributed by atoms with Crippen LogP contribution in [0.5, 0.6) is 0 Å². The van der Waals surface area contributed by atoms with Crippen molar-refractivity contribution in [3.63, 3.8) is 0 Å². The van der Waals surface area contributed by atoms with Gasteiger partial charge in [-0.1, -0.05) is 37.1 Å². The third-order valence-corrected chi connectivity index (χ3v) is 6.32. The molecule has 1 fully saturated rings. The second kappa shape index (κ2) is 8.61. The minimum atomic E-state index is -0.432. The van der Waals surface area contributed by atoms with E-state index in [1.165, 1.54) is 12.4 Å². The number of anilines is 1. The molecule has 0 aliphatic heterocycles. The topological polar surface area (TPSA) is 98.7 Å². The summed E-state index contributed by atoms with van der Waals surface area (Å²) in [5.41, 5.74) is 9.74. The fourth-order valence-electron chi connectivity index (χ4n) is 4.55. The number of nitrogens with two attached hydrogens (primary N) is 1. The number of nitrogens with zero attached hydrogens (tertiary/aromatic N) is 4. The molecule has 1 saturated carbocycles. The van der Waals surface area contributed by atoms with Crippen LogP contribution in [0.15, 0.2) is 48.8 Å². The zero-order valence-electron chi connectivity index (χ0n) is 18.4. The van der Waals surface area contributed by atoms with Crippen LogP contribution >= 0.6 is 0 Å². The molecular formula is C25H25FN6O. The lowest BCUT2D eigenvalue weighted by molar-refractivity contribution is 0.0950. The first-order chi connectivity index (χ1) is 16.0. The molecule has 0 spiro atoms. The van der Waals surface area contributed by atoms with Crippen molar-refractivity contribution < 1.29 is 9.18 Å². The predicted octanol–water partition coefficient (Wildman–Crippen LogP) is 4.57. The number of rotatable bonds is 5. The van der Waals surface area contributed by atoms with Crippen LogP contribution in [0.3, 0.4) is 0 Å². The highest BCUT2D eigenvalue weighted by molar-refractivity contribution is 5.98. The molecule has 8 heteroatoms. The Labute approximate surface area is 190 Å². The maximum atomic E-state index is 15.2. The van der Waals surface area contributed by atoms with Crippen molar-refractivity contribution in [1.29, 1.82) is 0 Å². The van der Waals surface area contributed by atoms with E-state index < -0.39 is 5.82 Å². The van der Waals surface area contributed by atoms with Crippen molar-refractivity contribution in [3.05, 3.63) is 71.3 Å². The van der Waals surface area contributed by atoms with Gasteiger partial charge < -0.3 is 11.1 Å². The standard InChI is InChI=1S/C25H25FN6O/c1-15-6-2-5-9-18(15)25(33)28-13-16-10-11-19(20(26)12-16)22-21-23(27)29-14-30-24(21)32(31-22)17-7-3-4-8-17/h2,5-6,9-12,14,17H,3-4,7-8,13H2,1H3,(H,28,33)(H2,27,29,30). The molecule has 1 amide bonds. The SMILES string of the molecule is Cc1ccccc1C(=O)NCc1ccc(-c2nn(C3CCCC3)c3ncnc(N)c23)c(F)c1. The number of nitrogen functional groups attached to an aromatic ring is 1. The second-order valence-corrected chi connectivity index (χ2v) is 8.50. The molecule has 2 aromatic heterocycles. The monoisotopic (exact) mass is 444 g/mol. The van der Waals surface area contributed by atoms with Gasteiger partial charge in [0, 0.05) is 17.7 Å². The van der Waals surface area contributed by atoms with E-state index in [1.807, 2.05) is 29.8 Å². The molecule has 2 aromatic carbocycles. The van der Waals surface area contributed by atoms with Crippen LogP contribution in [0.1, 0.15) is 53.2 Å². The van der Waals surface area contributed by atoms with Gasteiger partial charge in [0.25, 0.3) is 5.91 Å². The summed E-state index contributed by atoms with van der Waals surface area (Å²) in [6.07, 6.45) is 5.73. The molecule has 2 heterocycles. The van der Waals surface area contributed by atoms with E-state index in [9.17, 15) is 4.79 Å². The van der Waals surface area contributed by atoms with E-state index in [2.05, 4.69) is 15.3 Å². The van der Waals surface area contributed by atoms with Crippen molar-refractivity contribution in [2.45, 2.75) is 45.2 Å². The number of benzene rings is 2. The van der Waals surface area contributed by atoms with Crippen LogP contribution < -0.4 is 11.1 Å². The average Bonchev–Trinajstić information content (AvgIpc) is 3.47. The molecule has 0 bridgehead atoms. The Kier molecular flexibility index (Phi) is 5.50. The van der Waals surface area contributed by atoms with Gasteiger partial charge >= 0.3 is 0 Å². The minimum Gasteiger partial charge on any atom is -0.383 e. The molecule has 7 nitrogen and oxygen atoms in total. The van der Waals surface area contributed by atoms with Crippen LogP contribution in [0.2, 0.25) is 0 Å². The highest BCUT2D eigenvalue weighted by atomic mass is 19.1. The van der Waals surface area contributed by atoms with Gasteiger partial charge in [-0.05, 0) is 49.1 Å². The van der Waals surface area contributed by atoms with Crippen molar-refractivity contribution in [2.75, 3.05) is 5.73 Å². The lowest BCUT2D eigenvalue weighted by Crippen LogP contribution is -2.23. The Bertz CT molecular complexity index is 1340. The van der Waals surface area contributed by atoms with E-state index >= 15 is 4.39 Å². The Morgan fingerprint density at radius 3 is 2.73 bits per heavy atom. The summed E-state index contributed by atoms with van der Waals surface area (Å²) in [6.45, 7) is 2.10. The van der Waals surface area contributed by atoms with E-state index in [0.29, 0.717) is 33.4 Å². The van der Waals surface area contributed by atoms with E-state index in [-0.39, 0.29) is 24.3 Å². The van der Waals surface area contributed by atoms with Crippen LogP contribution in [-0.4, -0.2) is 25.7 Å². The third-order valence-electron chi connectivity index (χ3n) is 6.32. The molecule has 1 aliphatic rings. The predicted molar refractivity (Wildman–Crippen MR) is 125 cm³/mol. The summed E-state index contributed by atoms with van der Waals surface area (Å²) < 4.78 is 17.1. The van der Waals surface area contributed by atoms with Crippen LogP contribution in [0, 0.1) is 12.7 Å². The number of halogens is 1. The number of fused-ring (bicyclic) bond motifs is 1. The van der Waals surface area contributed by atoms with E-state index in [4.69, 9.17) is 10.8 Å². The molecule has 4 aromatic rings. The molecule has 0 saturated heterocycles. The Balaban J connectivity index is 1.44. The molecule has 33 heavy (non-hydrogen) atoms. The summed E-state index contributed by atoms with van der Waals surface area (Å²) in [7, 11) is 0. The number of amides is 1. The second-order valence-electron chi connectivity index (χ2n) is 8.50. The van der Waals surface area contributed by atoms with Gasteiger partial charge in [0.2, 0.25) is 0 Å². The van der Waals surface area contributed by atoms with Crippen molar-refractivity contribution >= 4 is 22.8 Å². The Hall–Kier alpha value is -3.81. The molecule has 168 valence electrons. The molecule has 0 radical (unpaired) electrons. The molecule has 0 atom stereocenters. The first-order valence-corrected chi connectivity index (χ1v) is 11.1. The molecule has 1 aliphatic carbocycles. The quantitative estimate of drug-likeness (QED) is 0.470. The summed E-state index contributed by atoms with van der Waals surface area (Å²) in [6, 6.07) is 12.5. The molecule has 5 rings (SSSR count). The summed E-state index contributed by atoms with van der Waals surface area (Å²) in [5, 5.41) is 8.17. The number of hydrogen-bond acceptors (Lipinski definition) is 5. The highest BCUT2D eigenvalue weighted by Gasteiger charge is 2.25. The average molecular weight is 445 g/mol. The van der Waals surface area contributed by atoms with Crippen LogP contribution in [0.25, 0.3) is 22.3 Å². The lowest BCUT2D eigenvalue weighted by atomic mass is 10.1. The van der Waals surface area contributed by atoms with E-state index in [0.717, 1.165) is 31.2 Å². The number of hydrogen-bond donors (Lipinski definition) is 2. The summed E-state index contributed by atoms with van der Waals surface area (Å²) >= 11 is 0. The van der Waals surface area contributed by atoms with Gasteiger partial charge in [-0.3, -0.25) is 4.79 Å². The summed E-state index contributed by atoms with van der Waals surface area (Å²) in [5.74, 6) is -0.337. The van der Waals surface area contributed by atoms with Gasteiger partial charge in [-0.25, -0.2) is 19.0 Å². The zero-order chi connectivity index (χ0) is 22.9. The fourth-order valence-corrected chi connectivity index (χ4v) is 4.55. The Morgan fingerprint density at radius 1 is 1.18 bits per heavy atom. The van der Waals surface area contributed by atoms with Crippen molar-refractivity contribution in [3.8, 4) is 11.3 Å². The van der Waals surface area contributed by atoms with Gasteiger partial charge in [-0.2, -0.15) is 5.10 Å². The largest absolute Gasteiger partial charge is 0.383 e. The molecule has 0 unspecified atom stereocenters.